The predicted octanol–water partition coefficient (Wildman–Crippen LogP) is 16.6. The van der Waals surface area contributed by atoms with Gasteiger partial charge in [0.15, 0.2) is 16.6 Å². The Morgan fingerprint density at radius 2 is 0.347 bits per heavy atom. The van der Waals surface area contributed by atoms with E-state index < -0.39 is 86.6 Å². The van der Waals surface area contributed by atoms with E-state index in [4.69, 9.17) is 106 Å². The van der Waals surface area contributed by atoms with Crippen molar-refractivity contribution in [1.29, 1.82) is 0 Å². The van der Waals surface area contributed by atoms with E-state index in [1.165, 1.54) is 24.9 Å². The van der Waals surface area contributed by atoms with E-state index in [0.29, 0.717) is 59.5 Å². The second kappa shape index (κ2) is 84.5. The molecule has 0 bridgehead atoms. The molecule has 0 unspecified atom stereocenters. The van der Waals surface area contributed by atoms with Crippen molar-refractivity contribution in [1.82, 2.24) is 29.4 Å². The molecule has 40 heteroatoms. The lowest BCUT2D eigenvalue weighted by atomic mass is 10.4. The Hall–Kier alpha value is 0.969. The Bertz CT molecular complexity index is 2110. The Labute approximate surface area is 776 Å². The SMILES string of the molecule is CCN(CC)CCC[Si](OC)(OC)OC.CCO[Si](C)(C)CCCN(C)CCC[Si](C)(OCC)OCC.CCO[Si](CCCN(C)CCC[Si](OCC)(OCC)OCC)(OCC)OCC.CCO[Si](CCCN(CC)CC)(OCC)OCC.CO[Si](C)(C)CCCN(C)CCC[Si](C)(OC)OC.CO[Si](CCCN(C)CCC[Si](OC)(OC)OC)(OC)OC. The van der Waals surface area contributed by atoms with Gasteiger partial charge in [-0.15, -0.1) is 0 Å². The smallest absolute Gasteiger partial charge is 0.420 e. The van der Waals surface area contributed by atoms with Gasteiger partial charge in [0.1, 0.15) is 0 Å². The first-order valence-electron chi connectivity index (χ1n) is 47.3. The largest absolute Gasteiger partial charge is 0.500 e. The highest BCUT2D eigenvalue weighted by Gasteiger charge is 2.44. The van der Waals surface area contributed by atoms with E-state index in [0.717, 1.165) is 211 Å². The van der Waals surface area contributed by atoms with Crippen LogP contribution in [-0.4, -0.2) is 400 Å². The summed E-state index contributed by atoms with van der Waals surface area (Å²) in [7, 11) is 7.60. The molecular formula is C84H206N6O24Si10. The van der Waals surface area contributed by atoms with Gasteiger partial charge >= 0.3 is 69.9 Å². The van der Waals surface area contributed by atoms with Crippen molar-refractivity contribution >= 4 is 86.6 Å². The maximum absolute atomic E-state index is 5.93. The molecule has 0 N–H and O–H groups in total. The molecule has 0 heterocycles. The molecule has 30 nitrogen and oxygen atoms in total. The first kappa shape index (κ1) is 136. The molecule has 0 radical (unpaired) electrons. The summed E-state index contributed by atoms with van der Waals surface area (Å²) in [6, 6.07) is 9.74. The van der Waals surface area contributed by atoms with E-state index in [-0.39, 0.29) is 0 Å². The maximum atomic E-state index is 5.93. The van der Waals surface area contributed by atoms with Crippen molar-refractivity contribution in [3.05, 3.63) is 0 Å². The number of hydrogen-bond donors (Lipinski definition) is 0. The molecule has 0 aromatic carbocycles. The molecule has 0 atom stereocenters. The van der Waals surface area contributed by atoms with Gasteiger partial charge in [0.25, 0.3) is 0 Å². The Morgan fingerprint density at radius 3 is 0.532 bits per heavy atom. The molecular weight excluding hydrogens is 1760 g/mol. The lowest BCUT2D eigenvalue weighted by molar-refractivity contribution is 0.0687. The summed E-state index contributed by atoms with van der Waals surface area (Å²) in [5, 5.41) is 0. The second-order valence-corrected chi connectivity index (χ2v) is 65.0. The summed E-state index contributed by atoms with van der Waals surface area (Å²) >= 11 is 0. The lowest BCUT2D eigenvalue weighted by Gasteiger charge is -2.30. The van der Waals surface area contributed by atoms with Gasteiger partial charge in [-0.2, -0.15) is 0 Å². The zero-order valence-electron chi connectivity index (χ0n) is 88.0. The molecule has 756 valence electrons. The molecule has 0 aliphatic carbocycles. The van der Waals surface area contributed by atoms with Gasteiger partial charge in [0.05, 0.1) is 0 Å². The van der Waals surface area contributed by atoms with Crippen molar-refractivity contribution < 1.29 is 106 Å². The van der Waals surface area contributed by atoms with Crippen molar-refractivity contribution in [2.45, 2.75) is 275 Å². The van der Waals surface area contributed by atoms with Gasteiger partial charge in [-0.1, -0.05) is 27.7 Å². The molecule has 0 spiro atoms. The minimum atomic E-state index is -2.54. The fourth-order valence-electron chi connectivity index (χ4n) is 14.0. The van der Waals surface area contributed by atoms with Gasteiger partial charge in [-0.25, -0.2) is 0 Å². The summed E-state index contributed by atoms with van der Waals surface area (Å²) < 4.78 is 136. The van der Waals surface area contributed by atoms with Gasteiger partial charge in [-0.3, -0.25) is 0 Å². The first-order valence-corrected chi connectivity index (χ1v) is 70.2. The number of rotatable bonds is 80. The number of nitrogens with zero attached hydrogens (tertiary/aromatic N) is 6. The minimum absolute atomic E-state index is 0.626. The van der Waals surface area contributed by atoms with E-state index in [1.54, 1.807) is 78.2 Å². The van der Waals surface area contributed by atoms with Crippen LogP contribution in [0, 0.1) is 0 Å². The Morgan fingerprint density at radius 1 is 0.169 bits per heavy atom. The van der Waals surface area contributed by atoms with E-state index >= 15 is 0 Å². The highest BCUT2D eigenvalue weighted by molar-refractivity contribution is 6.71. The van der Waals surface area contributed by atoms with Crippen LogP contribution in [0.5, 0.6) is 0 Å². The summed E-state index contributed by atoms with van der Waals surface area (Å²) in [5.41, 5.74) is 0. The van der Waals surface area contributed by atoms with Gasteiger partial charge < -0.3 is 136 Å². The second-order valence-electron chi connectivity index (χ2n) is 31.8. The van der Waals surface area contributed by atoms with E-state index in [2.05, 4.69) is 145 Å². The van der Waals surface area contributed by atoms with Crippen LogP contribution in [0.15, 0.2) is 0 Å². The van der Waals surface area contributed by atoms with Crippen LogP contribution in [0.25, 0.3) is 0 Å². The third-order valence-corrected chi connectivity index (χ3v) is 51.0. The van der Waals surface area contributed by atoms with Crippen LogP contribution in [0.2, 0.25) is 99.7 Å². The summed E-state index contributed by atoms with van der Waals surface area (Å²) in [6.07, 6.45) is 10.8. The molecule has 0 amide bonds. The fraction of sp³-hybridized carbons (Fsp3) is 1.00. The topological polar surface area (TPSA) is 241 Å². The average Bonchev–Trinajstić information content (AvgIpc) is 0.877. The monoisotopic (exact) mass is 1960 g/mol. The Kier molecular flexibility index (Phi) is 92.4. The minimum Gasteiger partial charge on any atom is -0.420 e. The zero-order valence-corrected chi connectivity index (χ0v) is 98.0. The van der Waals surface area contributed by atoms with Crippen LogP contribution in [-0.2, 0) is 106 Å². The van der Waals surface area contributed by atoms with Crippen molar-refractivity contribution in [3.8, 4) is 0 Å². The van der Waals surface area contributed by atoms with E-state index in [1.807, 2.05) is 69.4 Å². The predicted molar refractivity (Wildman–Crippen MR) is 536 cm³/mol. The highest BCUT2D eigenvalue weighted by Crippen LogP contribution is 2.25. The summed E-state index contributed by atoms with van der Waals surface area (Å²) in [6.45, 7) is 69.6. The Balaban J connectivity index is -0.000000340. The molecule has 0 saturated carbocycles. The average molecular weight is 1970 g/mol. The number of hydrogen-bond acceptors (Lipinski definition) is 30. The summed E-state index contributed by atoms with van der Waals surface area (Å²) in [4.78, 5) is 14.3. The van der Waals surface area contributed by atoms with Crippen molar-refractivity contribution in [2.75, 3.05) is 284 Å². The molecule has 0 saturated heterocycles. The molecule has 0 rings (SSSR count). The third kappa shape index (κ3) is 68.9. The molecule has 0 aliphatic rings. The van der Waals surface area contributed by atoms with Crippen LogP contribution in [0.3, 0.4) is 0 Å². The van der Waals surface area contributed by atoms with E-state index in [9.17, 15) is 0 Å². The van der Waals surface area contributed by atoms with Gasteiger partial charge in [-0.05, 0) is 331 Å². The van der Waals surface area contributed by atoms with Gasteiger partial charge in [0, 0.05) is 201 Å². The quantitative estimate of drug-likeness (QED) is 0.0514. The summed E-state index contributed by atoms with van der Waals surface area (Å²) in [5.74, 6) is 0. The highest BCUT2D eigenvalue weighted by atomic mass is 28.4. The van der Waals surface area contributed by atoms with Crippen molar-refractivity contribution in [2.24, 2.45) is 0 Å². The fourth-order valence-corrected chi connectivity index (χ4v) is 33.8. The molecule has 0 fully saturated rings. The third-order valence-electron chi connectivity index (χ3n) is 21.7. The molecule has 0 aromatic rings. The zero-order chi connectivity index (χ0) is 96.0. The first-order chi connectivity index (χ1) is 58.8. The molecule has 0 aromatic heterocycles. The lowest BCUT2D eigenvalue weighted by Crippen LogP contribution is -2.47. The van der Waals surface area contributed by atoms with Gasteiger partial charge in [0.2, 0.25) is 0 Å². The maximum Gasteiger partial charge on any atom is 0.500 e. The normalized spacial score (nSPS) is 12.9. The van der Waals surface area contributed by atoms with Crippen molar-refractivity contribution in [3.63, 3.8) is 0 Å². The van der Waals surface area contributed by atoms with Crippen LogP contribution in [0.1, 0.15) is 175 Å². The standard InChI is InChI=1S/C19H45NO6Si2.C16H39NO3Si2.C13H33NO6Si2.C13H33NO3Si2.C13H31NO3Si.C10H25NO3Si/c1-8-21-27(22-9-2,23-10-3)18-14-16-20(7)17-15-19-28(24-11-4,25-12-5)26-13-6;1-8-18-21(5,6)15-11-13-17(4)14-12-16-22(7,19-9-2)20-10-3;1-14(10-8-12-21(15-2,16-3)17-4)11-9-13-22(18-5,19-6)20-7;1-14(10-8-12-18(5,6)15-2)11-9-13-19(7,16-3)17-4;1-6-14(7-2)12-11-13-18(15-8-3,16-9-4)17-10-5;1-6-11(7-2)9-8-10-15(12-3,13-4)14-5/h8-19H2,1-7H3;8-16H2,1-7H3;8-13H2,1-7H3;8-13H2,1-7H3;6-13H2,1-5H3;6-10H2,1-5H3. The molecule has 0 aliphatic heterocycles. The molecule has 124 heavy (non-hydrogen) atoms. The van der Waals surface area contributed by atoms with Crippen LogP contribution < -0.4 is 0 Å². The van der Waals surface area contributed by atoms with Crippen LogP contribution >= 0.6 is 0 Å². The van der Waals surface area contributed by atoms with Crippen LogP contribution in [0.4, 0.5) is 0 Å².